The van der Waals surface area contributed by atoms with Crippen LogP contribution >= 0.6 is 33.2 Å². The van der Waals surface area contributed by atoms with E-state index in [2.05, 4.69) is 6.58 Å². The zero-order valence-electron chi connectivity index (χ0n) is 12.2. The van der Waals surface area contributed by atoms with Crippen molar-refractivity contribution in [1.29, 1.82) is 0 Å². The lowest BCUT2D eigenvalue weighted by molar-refractivity contribution is -0.332. The summed E-state index contributed by atoms with van der Waals surface area (Å²) in [4.78, 5) is 0. The van der Waals surface area contributed by atoms with E-state index in [4.69, 9.17) is 33.2 Å². The predicted octanol–water partition coefficient (Wildman–Crippen LogP) is 7.17. The summed E-state index contributed by atoms with van der Waals surface area (Å²) in [5.41, 5.74) is -1.61. The molecule has 0 nitrogen and oxygen atoms in total. The van der Waals surface area contributed by atoms with Gasteiger partial charge >= 0.3 is 35.6 Å². The lowest BCUT2D eigenvalue weighted by Crippen LogP contribution is -2.58. The van der Waals surface area contributed by atoms with E-state index in [1.165, 1.54) is 0 Å². The number of alkyl halides is 10. The summed E-state index contributed by atoms with van der Waals surface area (Å²) in [6, 6.07) is -5.10. The Labute approximate surface area is 151 Å². The Morgan fingerprint density at radius 1 is 0.800 bits per heavy atom. The van der Waals surface area contributed by atoms with Gasteiger partial charge in [0, 0.05) is 6.42 Å². The van der Waals surface area contributed by atoms with E-state index in [9.17, 15) is 43.9 Å². The van der Waals surface area contributed by atoms with Gasteiger partial charge in [0.2, 0.25) is 0 Å². The molecule has 0 radical (unpaired) electrons. The molecule has 0 rings (SSSR count). The first-order valence-corrected chi connectivity index (χ1v) is 11.5. The van der Waals surface area contributed by atoms with Gasteiger partial charge in [-0.1, -0.05) is 6.58 Å². The van der Waals surface area contributed by atoms with Gasteiger partial charge in [0.15, 0.2) is 0 Å². The van der Waals surface area contributed by atoms with E-state index < -0.39 is 60.1 Å². The van der Waals surface area contributed by atoms with E-state index in [0.717, 1.165) is 0 Å². The average Bonchev–Trinajstić information content (AvgIpc) is 2.33. The third-order valence-electron chi connectivity index (χ3n) is 3.08. The molecule has 0 bridgehead atoms. The number of rotatable bonds is 9. The minimum Gasteiger partial charge on any atom is -0.200 e. The first kappa shape index (κ1) is 25.1. The van der Waals surface area contributed by atoms with Crippen molar-refractivity contribution in [2.45, 2.75) is 55.4 Å². The molecule has 0 aromatic rings. The van der Waals surface area contributed by atoms with Crippen molar-refractivity contribution in [2.75, 3.05) is 0 Å². The van der Waals surface area contributed by atoms with Crippen molar-refractivity contribution in [3.8, 4) is 0 Å². The topological polar surface area (TPSA) is 0 Å². The summed E-state index contributed by atoms with van der Waals surface area (Å²) in [7, 11) is 0. The standard InChI is InChI=1S/C11H11Cl3F10Si/c1-6(2)10(21,22)8(17,18)5-9(19,20)11(23,24)7(15,16)3-4-25(12,13)14/h1,3-5H2,2H3. The maximum absolute atomic E-state index is 13.5. The van der Waals surface area contributed by atoms with Crippen molar-refractivity contribution in [1.82, 2.24) is 0 Å². The molecule has 0 saturated carbocycles. The minimum absolute atomic E-state index is 0.338. The molecule has 0 heterocycles. The van der Waals surface area contributed by atoms with Crippen LogP contribution in [0.15, 0.2) is 12.2 Å². The van der Waals surface area contributed by atoms with Gasteiger partial charge in [-0.2, -0.15) is 43.9 Å². The van der Waals surface area contributed by atoms with Gasteiger partial charge in [-0.3, -0.25) is 0 Å². The molecule has 0 aromatic heterocycles. The highest BCUT2D eigenvalue weighted by Gasteiger charge is 2.75. The second-order valence-corrected chi connectivity index (χ2v) is 14.6. The van der Waals surface area contributed by atoms with Crippen LogP contribution in [0.1, 0.15) is 19.8 Å². The molecule has 150 valence electrons. The van der Waals surface area contributed by atoms with E-state index in [1.54, 1.807) is 0 Å². The Balaban J connectivity index is 5.63. The smallest absolute Gasteiger partial charge is 0.200 e. The molecule has 0 unspecified atom stereocenters. The zero-order valence-corrected chi connectivity index (χ0v) is 15.5. The molecule has 25 heavy (non-hydrogen) atoms. The maximum atomic E-state index is 13.5. The van der Waals surface area contributed by atoms with E-state index >= 15 is 0 Å². The molecular formula is C11H11Cl3F10Si. The summed E-state index contributed by atoms with van der Waals surface area (Å²) in [6.07, 6.45) is -5.59. The van der Waals surface area contributed by atoms with Crippen LogP contribution < -0.4 is 0 Å². The van der Waals surface area contributed by atoms with Crippen LogP contribution in [-0.4, -0.2) is 35.6 Å². The molecule has 0 aliphatic heterocycles. The Hall–Kier alpha value is 0.127. The number of halogens is 13. The summed E-state index contributed by atoms with van der Waals surface area (Å²) in [5.74, 6) is -29.2. The van der Waals surface area contributed by atoms with Crippen LogP contribution in [0.5, 0.6) is 0 Å². The van der Waals surface area contributed by atoms with Crippen molar-refractivity contribution in [2.24, 2.45) is 0 Å². The number of hydrogen-bond donors (Lipinski definition) is 0. The van der Waals surface area contributed by atoms with Gasteiger partial charge in [-0.15, -0.1) is 33.2 Å². The second kappa shape index (κ2) is 7.27. The highest BCUT2D eigenvalue weighted by atomic mass is 35.8. The Morgan fingerprint density at radius 3 is 1.52 bits per heavy atom. The quantitative estimate of drug-likeness (QED) is 0.146. The Bertz CT molecular complexity index is 501. The average molecular weight is 468 g/mol. The molecule has 0 aliphatic carbocycles. The van der Waals surface area contributed by atoms with Crippen LogP contribution in [0.2, 0.25) is 6.04 Å². The molecule has 14 heteroatoms. The highest BCUT2D eigenvalue weighted by Crippen LogP contribution is 2.54. The summed E-state index contributed by atoms with van der Waals surface area (Å²) in [5, 5.41) is 0. The van der Waals surface area contributed by atoms with Crippen LogP contribution in [-0.2, 0) is 0 Å². The Kier molecular flexibility index (Phi) is 7.31. The van der Waals surface area contributed by atoms with Crippen molar-refractivity contribution in [3.63, 3.8) is 0 Å². The molecule has 0 amide bonds. The largest absolute Gasteiger partial charge is 0.372 e. The van der Waals surface area contributed by atoms with Crippen molar-refractivity contribution >= 4 is 39.2 Å². The lowest BCUT2D eigenvalue weighted by Gasteiger charge is -2.36. The number of allylic oxidation sites excluding steroid dienone is 1. The first-order chi connectivity index (χ1) is 10.6. The fraction of sp³-hybridized carbons (Fsp3) is 0.818. The van der Waals surface area contributed by atoms with Gasteiger partial charge < -0.3 is 0 Å². The lowest BCUT2D eigenvalue weighted by atomic mass is 9.92. The van der Waals surface area contributed by atoms with Gasteiger partial charge in [0.1, 0.15) is 0 Å². The summed E-state index contributed by atoms with van der Waals surface area (Å²) in [6.45, 7) is 2.78. The first-order valence-electron chi connectivity index (χ1n) is 6.22. The predicted molar refractivity (Wildman–Crippen MR) is 76.9 cm³/mol. The number of hydrogen-bond acceptors (Lipinski definition) is 0. The SMILES string of the molecule is C=C(C)C(F)(F)C(F)(F)CC(F)(F)C(F)(F)C(F)(F)CC[Si](Cl)(Cl)Cl. The molecule has 0 aliphatic rings. The molecule has 0 atom stereocenters. The minimum atomic E-state index is -6.39. The van der Waals surface area contributed by atoms with Crippen molar-refractivity contribution in [3.05, 3.63) is 12.2 Å². The summed E-state index contributed by atoms with van der Waals surface area (Å²) >= 11 is 15.5. The monoisotopic (exact) mass is 466 g/mol. The molecule has 0 aromatic carbocycles. The van der Waals surface area contributed by atoms with Gasteiger partial charge in [0.25, 0.3) is 0 Å². The molecular weight excluding hydrogens is 457 g/mol. The third-order valence-corrected chi connectivity index (χ3v) is 5.60. The molecule has 0 N–H and O–H groups in total. The van der Waals surface area contributed by atoms with Crippen LogP contribution in [0.25, 0.3) is 0 Å². The molecule has 0 fully saturated rings. The Morgan fingerprint density at radius 2 is 1.20 bits per heavy atom. The zero-order chi connectivity index (χ0) is 20.7. The van der Waals surface area contributed by atoms with E-state index in [0.29, 0.717) is 6.92 Å². The van der Waals surface area contributed by atoms with Crippen molar-refractivity contribution < 1.29 is 43.9 Å². The third kappa shape index (κ3) is 5.55. The summed E-state index contributed by atoms with van der Waals surface area (Å²) < 4.78 is 134. The van der Waals surface area contributed by atoms with Gasteiger partial charge in [-0.05, 0) is 18.5 Å². The van der Waals surface area contributed by atoms with Crippen LogP contribution in [0, 0.1) is 0 Å². The highest BCUT2D eigenvalue weighted by molar-refractivity contribution is 7.64. The second-order valence-electron chi connectivity index (χ2n) is 5.33. The normalized spacial score (nSPS) is 15.4. The van der Waals surface area contributed by atoms with Crippen LogP contribution in [0.3, 0.4) is 0 Å². The van der Waals surface area contributed by atoms with Crippen LogP contribution in [0.4, 0.5) is 43.9 Å². The van der Waals surface area contributed by atoms with E-state index in [1.807, 2.05) is 0 Å². The molecule has 0 spiro atoms. The maximum Gasteiger partial charge on any atom is 0.372 e. The van der Waals surface area contributed by atoms with Gasteiger partial charge in [0.05, 0.1) is 6.42 Å². The molecule has 0 saturated heterocycles. The fourth-order valence-electron chi connectivity index (χ4n) is 1.54. The van der Waals surface area contributed by atoms with E-state index in [-0.39, 0.29) is 0 Å². The fourth-order valence-corrected chi connectivity index (χ4v) is 2.98. The van der Waals surface area contributed by atoms with Gasteiger partial charge in [-0.25, -0.2) is 0 Å².